The molecule has 0 radical (unpaired) electrons. The quantitative estimate of drug-likeness (QED) is 0.698. The fraction of sp³-hybridized carbons (Fsp3) is 0.250. The van der Waals surface area contributed by atoms with Gasteiger partial charge in [-0.3, -0.25) is 0 Å². The summed E-state index contributed by atoms with van der Waals surface area (Å²) in [5.74, 6) is 1.99. The highest BCUT2D eigenvalue weighted by molar-refractivity contribution is 9.10. The third kappa shape index (κ3) is 2.59. The van der Waals surface area contributed by atoms with Gasteiger partial charge in [0.05, 0.1) is 22.7 Å². The van der Waals surface area contributed by atoms with Crippen molar-refractivity contribution in [3.63, 3.8) is 0 Å². The van der Waals surface area contributed by atoms with Crippen molar-refractivity contribution in [2.45, 2.75) is 20.4 Å². The van der Waals surface area contributed by atoms with Gasteiger partial charge in [0.1, 0.15) is 0 Å². The fourth-order valence-electron chi connectivity index (χ4n) is 2.37. The lowest BCUT2D eigenvalue weighted by atomic mass is 10.2. The van der Waals surface area contributed by atoms with E-state index in [1.807, 2.05) is 30.3 Å². The van der Waals surface area contributed by atoms with Gasteiger partial charge in [0.15, 0.2) is 16.3 Å². The van der Waals surface area contributed by atoms with Crippen molar-refractivity contribution in [3.05, 3.63) is 40.6 Å². The molecule has 0 fully saturated rings. The highest BCUT2D eigenvalue weighted by atomic mass is 79.9. The van der Waals surface area contributed by atoms with Gasteiger partial charge in [-0.05, 0) is 52.2 Å². The molecule has 0 aliphatic carbocycles. The van der Waals surface area contributed by atoms with Crippen LogP contribution in [-0.4, -0.2) is 9.55 Å². The minimum Gasteiger partial charge on any atom is -0.446 e. The smallest absolute Gasteiger partial charge is 0.177 e. The number of imidazole rings is 1. The zero-order valence-corrected chi connectivity index (χ0v) is 13.4. The van der Waals surface area contributed by atoms with Gasteiger partial charge in [0.25, 0.3) is 0 Å². The van der Waals surface area contributed by atoms with Gasteiger partial charge < -0.3 is 8.98 Å². The lowest BCUT2D eigenvalue weighted by Crippen LogP contribution is -2.05. The van der Waals surface area contributed by atoms with E-state index in [1.165, 1.54) is 0 Å². The van der Waals surface area contributed by atoms with Gasteiger partial charge in [0.2, 0.25) is 0 Å². The molecule has 0 unspecified atom stereocenters. The molecular formula is C16H14BrN3O. The minimum atomic E-state index is 0.482. The van der Waals surface area contributed by atoms with E-state index in [-0.39, 0.29) is 0 Å². The van der Waals surface area contributed by atoms with Crippen LogP contribution in [-0.2, 0) is 6.54 Å². The van der Waals surface area contributed by atoms with E-state index in [2.05, 4.69) is 45.4 Å². The third-order valence-corrected chi connectivity index (χ3v) is 3.64. The van der Waals surface area contributed by atoms with Crippen LogP contribution < -0.4 is 0 Å². The molecule has 5 heteroatoms. The van der Waals surface area contributed by atoms with Crippen LogP contribution in [0.4, 0.5) is 0 Å². The largest absolute Gasteiger partial charge is 0.446 e. The van der Waals surface area contributed by atoms with E-state index >= 15 is 0 Å². The fourth-order valence-corrected chi connectivity index (χ4v) is 2.68. The summed E-state index contributed by atoms with van der Waals surface area (Å²) in [5.41, 5.74) is 2.45. The van der Waals surface area contributed by atoms with Gasteiger partial charge in [0, 0.05) is 6.54 Å². The van der Waals surface area contributed by atoms with Crippen molar-refractivity contribution in [3.8, 4) is 17.7 Å². The zero-order valence-electron chi connectivity index (χ0n) is 11.8. The Morgan fingerprint density at radius 1 is 1.33 bits per heavy atom. The second-order valence-electron chi connectivity index (χ2n) is 5.36. The number of halogens is 1. The molecule has 2 heterocycles. The zero-order chi connectivity index (χ0) is 15.0. The average molecular weight is 344 g/mol. The summed E-state index contributed by atoms with van der Waals surface area (Å²) < 4.78 is 8.47. The standard InChI is InChI=1S/C16H14BrN3O/c1-10(2)9-20-13-4-3-11(8-18)7-12(13)19-16(20)14-5-6-15(17)21-14/h3-7,10H,9H2,1-2H3. The van der Waals surface area contributed by atoms with E-state index < -0.39 is 0 Å². The number of nitriles is 1. The molecule has 3 rings (SSSR count). The number of fused-ring (bicyclic) bond motifs is 1. The summed E-state index contributed by atoms with van der Waals surface area (Å²) in [5, 5.41) is 9.03. The second-order valence-corrected chi connectivity index (χ2v) is 6.14. The molecule has 0 saturated carbocycles. The Bertz CT molecular complexity index is 839. The van der Waals surface area contributed by atoms with Crippen LogP contribution in [0.1, 0.15) is 19.4 Å². The van der Waals surface area contributed by atoms with Crippen LogP contribution in [0.25, 0.3) is 22.6 Å². The van der Waals surface area contributed by atoms with Crippen molar-refractivity contribution in [2.75, 3.05) is 0 Å². The average Bonchev–Trinajstić information content (AvgIpc) is 3.02. The van der Waals surface area contributed by atoms with E-state index in [4.69, 9.17) is 9.68 Å². The van der Waals surface area contributed by atoms with Crippen molar-refractivity contribution >= 4 is 27.0 Å². The maximum atomic E-state index is 9.03. The van der Waals surface area contributed by atoms with Crippen LogP contribution in [0.15, 0.2) is 39.4 Å². The molecule has 21 heavy (non-hydrogen) atoms. The lowest BCUT2D eigenvalue weighted by Gasteiger charge is -2.10. The first kappa shape index (κ1) is 13.9. The van der Waals surface area contributed by atoms with Gasteiger partial charge in [-0.25, -0.2) is 4.98 Å². The summed E-state index contributed by atoms with van der Waals surface area (Å²) in [6.45, 7) is 5.17. The summed E-state index contributed by atoms with van der Waals surface area (Å²) in [6, 6.07) is 11.5. The predicted octanol–water partition coefficient (Wildman–Crippen LogP) is 4.59. The number of aromatic nitrogens is 2. The first-order valence-electron chi connectivity index (χ1n) is 6.74. The Hall–Kier alpha value is -2.06. The minimum absolute atomic E-state index is 0.482. The third-order valence-electron chi connectivity index (χ3n) is 3.22. The SMILES string of the molecule is CC(C)Cn1c(-c2ccc(Br)o2)nc2cc(C#N)ccc21. The summed E-state index contributed by atoms with van der Waals surface area (Å²) in [7, 11) is 0. The molecule has 0 aliphatic rings. The van der Waals surface area contributed by atoms with Gasteiger partial charge in [-0.2, -0.15) is 5.26 Å². The second kappa shape index (κ2) is 5.38. The molecule has 0 saturated heterocycles. The molecule has 0 atom stereocenters. The summed E-state index contributed by atoms with van der Waals surface area (Å²) in [6.07, 6.45) is 0. The molecule has 1 aromatic carbocycles. The molecule has 4 nitrogen and oxygen atoms in total. The number of benzene rings is 1. The first-order chi connectivity index (χ1) is 10.1. The van der Waals surface area contributed by atoms with Crippen molar-refractivity contribution in [1.82, 2.24) is 9.55 Å². The van der Waals surface area contributed by atoms with Crippen LogP contribution in [0.2, 0.25) is 0 Å². The number of hydrogen-bond acceptors (Lipinski definition) is 3. The Morgan fingerprint density at radius 2 is 2.14 bits per heavy atom. The van der Waals surface area contributed by atoms with Crippen molar-refractivity contribution in [2.24, 2.45) is 5.92 Å². The summed E-state index contributed by atoms with van der Waals surface area (Å²) in [4.78, 5) is 4.66. The Balaban J connectivity index is 2.24. The Morgan fingerprint density at radius 3 is 2.76 bits per heavy atom. The number of hydrogen-bond donors (Lipinski definition) is 0. The Kier molecular flexibility index (Phi) is 3.56. The molecule has 2 aromatic heterocycles. The predicted molar refractivity (Wildman–Crippen MR) is 84.7 cm³/mol. The molecule has 3 aromatic rings. The van der Waals surface area contributed by atoms with Crippen LogP contribution in [0.5, 0.6) is 0 Å². The maximum Gasteiger partial charge on any atom is 0.177 e. The first-order valence-corrected chi connectivity index (χ1v) is 7.54. The van der Waals surface area contributed by atoms with E-state index in [1.54, 1.807) is 0 Å². The van der Waals surface area contributed by atoms with Gasteiger partial charge in [-0.15, -0.1) is 0 Å². The molecule has 0 N–H and O–H groups in total. The summed E-state index contributed by atoms with van der Waals surface area (Å²) >= 11 is 3.32. The molecule has 106 valence electrons. The molecule has 0 amide bonds. The maximum absolute atomic E-state index is 9.03. The van der Waals surface area contributed by atoms with Crippen LogP contribution in [0.3, 0.4) is 0 Å². The molecule has 0 aliphatic heterocycles. The van der Waals surface area contributed by atoms with Crippen molar-refractivity contribution < 1.29 is 4.42 Å². The van der Waals surface area contributed by atoms with Crippen LogP contribution in [0, 0.1) is 17.2 Å². The monoisotopic (exact) mass is 343 g/mol. The van der Waals surface area contributed by atoms with E-state index in [0.29, 0.717) is 16.2 Å². The topological polar surface area (TPSA) is 54.8 Å². The number of rotatable bonds is 3. The highest BCUT2D eigenvalue weighted by Gasteiger charge is 2.16. The van der Waals surface area contributed by atoms with E-state index in [9.17, 15) is 0 Å². The highest BCUT2D eigenvalue weighted by Crippen LogP contribution is 2.29. The number of furan rings is 1. The Labute approximate surface area is 131 Å². The van der Waals surface area contributed by atoms with Gasteiger partial charge >= 0.3 is 0 Å². The molecule has 0 bridgehead atoms. The molecule has 0 spiro atoms. The normalized spacial score (nSPS) is 11.2. The lowest BCUT2D eigenvalue weighted by molar-refractivity contribution is 0.515. The van der Waals surface area contributed by atoms with E-state index in [0.717, 1.165) is 29.2 Å². The van der Waals surface area contributed by atoms with Crippen LogP contribution >= 0.6 is 15.9 Å². The van der Waals surface area contributed by atoms with Crippen molar-refractivity contribution in [1.29, 1.82) is 5.26 Å². The van der Waals surface area contributed by atoms with Gasteiger partial charge in [-0.1, -0.05) is 13.8 Å². The number of nitrogens with zero attached hydrogens (tertiary/aromatic N) is 3. The molecular weight excluding hydrogens is 330 g/mol.